The number of carbonyl (C=O) groups excluding carboxylic acids is 2. The molecular weight excluding hydrogens is 424 g/mol. The van der Waals surface area contributed by atoms with Gasteiger partial charge >= 0.3 is 0 Å². The van der Waals surface area contributed by atoms with Crippen molar-refractivity contribution in [2.45, 2.75) is 78.3 Å². The lowest BCUT2D eigenvalue weighted by Crippen LogP contribution is -2.44. The molecule has 8 heteroatoms. The van der Waals surface area contributed by atoms with Crippen LogP contribution < -0.4 is 10.9 Å². The first-order valence-corrected chi connectivity index (χ1v) is 12.2. The minimum Gasteiger partial charge on any atom is -0.345 e. The molecule has 0 spiro atoms. The molecule has 0 aliphatic rings. The Morgan fingerprint density at radius 2 is 1.72 bits per heavy atom. The van der Waals surface area contributed by atoms with Crippen LogP contribution >= 0.6 is 11.8 Å². The zero-order chi connectivity index (χ0) is 24.0. The van der Waals surface area contributed by atoms with Gasteiger partial charge in [-0.05, 0) is 52.7 Å². The van der Waals surface area contributed by atoms with Crippen LogP contribution in [0, 0.1) is 5.92 Å². The van der Waals surface area contributed by atoms with Crippen molar-refractivity contribution in [2.24, 2.45) is 5.92 Å². The smallest absolute Gasteiger partial charge is 0.262 e. The van der Waals surface area contributed by atoms with Crippen molar-refractivity contribution < 1.29 is 9.59 Å². The van der Waals surface area contributed by atoms with Gasteiger partial charge in [0.1, 0.15) is 0 Å². The van der Waals surface area contributed by atoms with Crippen molar-refractivity contribution in [3.8, 4) is 0 Å². The molecule has 1 unspecified atom stereocenters. The van der Waals surface area contributed by atoms with Crippen molar-refractivity contribution >= 4 is 34.4 Å². The molecule has 1 aromatic heterocycles. The number of fused-ring (bicyclic) bond motifs is 1. The van der Waals surface area contributed by atoms with Gasteiger partial charge in [0.2, 0.25) is 5.91 Å². The summed E-state index contributed by atoms with van der Waals surface area (Å²) in [5.41, 5.74) is 0.514. The van der Waals surface area contributed by atoms with Gasteiger partial charge in [0.15, 0.2) is 10.9 Å². The Bertz CT molecular complexity index is 992. The molecule has 1 aromatic carbocycles. The van der Waals surface area contributed by atoms with Crippen LogP contribution in [-0.2, 0) is 16.1 Å². The first-order valence-electron chi connectivity index (χ1n) is 11.2. The molecule has 0 saturated carbocycles. The molecule has 1 heterocycles. The number of ketones is 1. The van der Waals surface area contributed by atoms with Gasteiger partial charge in [0.25, 0.3) is 5.56 Å². The van der Waals surface area contributed by atoms with Crippen molar-refractivity contribution in [2.75, 3.05) is 12.3 Å². The SMILES string of the molecule is CC(=O)C(NC(=O)CSc1nc2ccccc2c(=O)n1CCN(C(C)C)C(C)C)C(C)C. The maximum absolute atomic E-state index is 13.2. The molecule has 2 aromatic rings. The Balaban J connectivity index is 2.29. The van der Waals surface area contributed by atoms with Crippen LogP contribution in [0.15, 0.2) is 34.2 Å². The fourth-order valence-electron chi connectivity index (χ4n) is 3.87. The Kier molecular flexibility index (Phi) is 9.46. The quantitative estimate of drug-likeness (QED) is 0.409. The Morgan fingerprint density at radius 3 is 2.28 bits per heavy atom. The minimum absolute atomic E-state index is 0.0106. The van der Waals surface area contributed by atoms with Crippen LogP contribution in [0.4, 0.5) is 0 Å². The molecule has 1 atom stereocenters. The number of thioether (sulfide) groups is 1. The summed E-state index contributed by atoms with van der Waals surface area (Å²) in [5.74, 6) is -0.221. The van der Waals surface area contributed by atoms with Crippen molar-refractivity contribution in [1.82, 2.24) is 19.8 Å². The first-order chi connectivity index (χ1) is 15.0. The number of Topliss-reactive ketones (excluding diaryl/α,β-unsaturated/α-hetero) is 1. The number of nitrogens with zero attached hydrogens (tertiary/aromatic N) is 3. The molecule has 0 fully saturated rings. The van der Waals surface area contributed by atoms with Crippen LogP contribution in [0.25, 0.3) is 10.9 Å². The van der Waals surface area contributed by atoms with E-state index in [4.69, 9.17) is 0 Å². The van der Waals surface area contributed by atoms with E-state index in [2.05, 4.69) is 42.9 Å². The zero-order valence-electron chi connectivity index (χ0n) is 20.2. The monoisotopic (exact) mass is 460 g/mol. The Hall–Kier alpha value is -2.19. The summed E-state index contributed by atoms with van der Waals surface area (Å²) in [7, 11) is 0. The van der Waals surface area contributed by atoms with E-state index >= 15 is 0 Å². The third kappa shape index (κ3) is 6.65. The van der Waals surface area contributed by atoms with E-state index in [9.17, 15) is 14.4 Å². The summed E-state index contributed by atoms with van der Waals surface area (Å²) in [6.45, 7) is 15.0. The molecule has 7 nitrogen and oxygen atoms in total. The second-order valence-electron chi connectivity index (χ2n) is 8.98. The van der Waals surface area contributed by atoms with Crippen LogP contribution in [0.2, 0.25) is 0 Å². The van der Waals surface area contributed by atoms with E-state index < -0.39 is 6.04 Å². The van der Waals surface area contributed by atoms with E-state index in [-0.39, 0.29) is 28.9 Å². The molecule has 0 radical (unpaired) electrons. The van der Waals surface area contributed by atoms with Gasteiger partial charge in [-0.15, -0.1) is 0 Å². The van der Waals surface area contributed by atoms with Crippen LogP contribution in [0.3, 0.4) is 0 Å². The highest BCUT2D eigenvalue weighted by molar-refractivity contribution is 7.99. The fourth-order valence-corrected chi connectivity index (χ4v) is 4.70. The number of nitrogens with one attached hydrogen (secondary N) is 1. The number of rotatable bonds is 11. The molecule has 1 amide bonds. The highest BCUT2D eigenvalue weighted by Crippen LogP contribution is 2.18. The second kappa shape index (κ2) is 11.6. The summed E-state index contributed by atoms with van der Waals surface area (Å²) >= 11 is 1.23. The van der Waals surface area contributed by atoms with Gasteiger partial charge in [0, 0.05) is 25.2 Å². The van der Waals surface area contributed by atoms with E-state index in [1.807, 2.05) is 32.0 Å². The summed E-state index contributed by atoms with van der Waals surface area (Å²) in [6, 6.07) is 7.45. The molecule has 32 heavy (non-hydrogen) atoms. The van der Waals surface area contributed by atoms with Crippen molar-refractivity contribution in [3.63, 3.8) is 0 Å². The lowest BCUT2D eigenvalue weighted by Gasteiger charge is -2.30. The maximum Gasteiger partial charge on any atom is 0.262 e. The van der Waals surface area contributed by atoms with Gasteiger partial charge < -0.3 is 5.32 Å². The number of hydrogen-bond donors (Lipinski definition) is 1. The summed E-state index contributed by atoms with van der Waals surface area (Å²) < 4.78 is 1.67. The largest absolute Gasteiger partial charge is 0.345 e. The molecule has 0 aliphatic carbocycles. The predicted molar refractivity (Wildman–Crippen MR) is 131 cm³/mol. The average Bonchev–Trinajstić information content (AvgIpc) is 2.71. The highest BCUT2D eigenvalue weighted by Gasteiger charge is 2.22. The van der Waals surface area contributed by atoms with Crippen molar-refractivity contribution in [3.05, 3.63) is 34.6 Å². The van der Waals surface area contributed by atoms with Gasteiger partial charge in [-0.1, -0.05) is 37.7 Å². The number of benzene rings is 1. The number of carbonyl (C=O) groups is 2. The Labute approximate surface area is 195 Å². The number of hydrogen-bond acceptors (Lipinski definition) is 6. The topological polar surface area (TPSA) is 84.3 Å². The Morgan fingerprint density at radius 1 is 1.09 bits per heavy atom. The van der Waals surface area contributed by atoms with E-state index in [0.29, 0.717) is 41.2 Å². The van der Waals surface area contributed by atoms with Crippen LogP contribution in [-0.4, -0.2) is 56.6 Å². The second-order valence-corrected chi connectivity index (χ2v) is 9.92. The van der Waals surface area contributed by atoms with Gasteiger partial charge in [-0.25, -0.2) is 4.98 Å². The fraction of sp³-hybridized carbons (Fsp3) is 0.583. The lowest BCUT2D eigenvalue weighted by atomic mass is 10.0. The molecule has 2 rings (SSSR count). The molecule has 176 valence electrons. The van der Waals surface area contributed by atoms with E-state index in [1.165, 1.54) is 18.7 Å². The molecule has 0 saturated heterocycles. The summed E-state index contributed by atoms with van der Waals surface area (Å²) in [6.07, 6.45) is 0. The summed E-state index contributed by atoms with van der Waals surface area (Å²) in [4.78, 5) is 44.6. The van der Waals surface area contributed by atoms with Gasteiger partial charge in [-0.2, -0.15) is 0 Å². The van der Waals surface area contributed by atoms with E-state index in [1.54, 1.807) is 10.6 Å². The lowest BCUT2D eigenvalue weighted by molar-refractivity contribution is -0.126. The third-order valence-corrected chi connectivity index (χ3v) is 6.46. The highest BCUT2D eigenvalue weighted by atomic mass is 32.2. The standard InChI is InChI=1S/C24H36N4O3S/c1-15(2)22(18(7)29)26-21(30)14-32-24-25-20-11-9-8-10-19(20)23(31)28(24)13-12-27(16(3)4)17(5)6/h8-11,15-17,22H,12-14H2,1-7H3,(H,26,30). The number of para-hydroxylation sites is 1. The predicted octanol–water partition coefficient (Wildman–Crippen LogP) is 3.34. The maximum atomic E-state index is 13.2. The average molecular weight is 461 g/mol. The van der Waals surface area contributed by atoms with E-state index in [0.717, 1.165) is 0 Å². The molecule has 1 N–H and O–H groups in total. The van der Waals surface area contributed by atoms with Gasteiger partial charge in [-0.3, -0.25) is 23.9 Å². The summed E-state index contributed by atoms with van der Waals surface area (Å²) in [5, 5.41) is 3.89. The number of amides is 1. The van der Waals surface area contributed by atoms with Crippen LogP contribution in [0.1, 0.15) is 48.5 Å². The molecule has 0 bridgehead atoms. The number of aromatic nitrogens is 2. The van der Waals surface area contributed by atoms with Crippen LogP contribution in [0.5, 0.6) is 0 Å². The molecule has 0 aliphatic heterocycles. The molecular formula is C24H36N4O3S. The first kappa shape index (κ1) is 26.1. The zero-order valence-corrected chi connectivity index (χ0v) is 21.0. The van der Waals surface area contributed by atoms with Gasteiger partial charge in [0.05, 0.1) is 22.7 Å². The third-order valence-electron chi connectivity index (χ3n) is 5.49. The van der Waals surface area contributed by atoms with Crippen molar-refractivity contribution in [1.29, 1.82) is 0 Å². The normalized spacial score (nSPS) is 12.8. The minimum atomic E-state index is -0.513.